The van der Waals surface area contributed by atoms with Crippen LogP contribution in [-0.4, -0.2) is 24.1 Å². The number of nitrogens with one attached hydrogen (secondary N) is 2. The SMILES string of the molecule is C[n+]1ccccc1/C=C/[C@H](CCc1ccccc1)NC(=O)[C@H](Cc1ccccc1)NC(=O)OCc1ccccc1. The van der Waals surface area contributed by atoms with Crippen LogP contribution < -0.4 is 15.2 Å². The number of rotatable bonds is 12. The van der Waals surface area contributed by atoms with Gasteiger partial charge >= 0.3 is 6.09 Å². The zero-order chi connectivity index (χ0) is 28.0. The summed E-state index contributed by atoms with van der Waals surface area (Å²) in [4.78, 5) is 26.4. The van der Waals surface area contributed by atoms with Crippen LogP contribution >= 0.6 is 0 Å². The van der Waals surface area contributed by atoms with Gasteiger partial charge in [0, 0.05) is 30.7 Å². The standard InChI is InChI=1S/C34H35N3O3/c1-37-24-12-11-19-31(37)23-22-30(21-20-27-13-5-2-6-14-27)35-33(38)32(25-28-15-7-3-8-16-28)36-34(39)40-26-29-17-9-4-10-18-29/h2-19,22-24,30,32H,20-21,25-26H2,1H3,(H-,35,36,38,39)/p+1/b23-22+/t30-,32-/m0/s1. The highest BCUT2D eigenvalue weighted by molar-refractivity contribution is 5.86. The Balaban J connectivity index is 1.48. The normalized spacial score (nSPS) is 12.4. The summed E-state index contributed by atoms with van der Waals surface area (Å²) < 4.78 is 7.45. The van der Waals surface area contributed by atoms with Gasteiger partial charge in [-0.1, -0.05) is 97.1 Å². The number of aromatic nitrogens is 1. The van der Waals surface area contributed by atoms with E-state index in [4.69, 9.17) is 4.74 Å². The van der Waals surface area contributed by atoms with E-state index in [1.165, 1.54) is 5.56 Å². The first-order valence-corrected chi connectivity index (χ1v) is 13.5. The zero-order valence-electron chi connectivity index (χ0n) is 22.8. The Bertz CT molecular complexity index is 1380. The number of alkyl carbamates (subject to hydrolysis) is 1. The fourth-order valence-corrected chi connectivity index (χ4v) is 4.36. The number of benzene rings is 3. The third-order valence-electron chi connectivity index (χ3n) is 6.61. The predicted octanol–water partition coefficient (Wildman–Crippen LogP) is 5.18. The fraction of sp³-hybridized carbons (Fsp3) is 0.206. The topological polar surface area (TPSA) is 71.3 Å². The summed E-state index contributed by atoms with van der Waals surface area (Å²) in [7, 11) is 1.98. The van der Waals surface area contributed by atoms with Gasteiger partial charge in [0.2, 0.25) is 11.6 Å². The van der Waals surface area contributed by atoms with Crippen LogP contribution in [0.1, 0.15) is 28.8 Å². The largest absolute Gasteiger partial charge is 0.445 e. The van der Waals surface area contributed by atoms with E-state index < -0.39 is 12.1 Å². The Morgan fingerprint density at radius 2 is 1.38 bits per heavy atom. The molecule has 0 saturated heterocycles. The molecule has 6 heteroatoms. The van der Waals surface area contributed by atoms with E-state index in [2.05, 4.69) is 22.8 Å². The summed E-state index contributed by atoms with van der Waals surface area (Å²) in [5.74, 6) is -0.263. The van der Waals surface area contributed by atoms with Crippen molar-refractivity contribution in [2.45, 2.75) is 38.0 Å². The minimum Gasteiger partial charge on any atom is -0.445 e. The highest BCUT2D eigenvalue weighted by Crippen LogP contribution is 2.10. The molecule has 2 amide bonds. The molecule has 0 aliphatic carbocycles. The number of ether oxygens (including phenoxy) is 1. The summed E-state index contributed by atoms with van der Waals surface area (Å²) in [5, 5.41) is 5.97. The second-order valence-corrected chi connectivity index (χ2v) is 9.68. The Hall–Kier alpha value is -4.71. The summed E-state index contributed by atoms with van der Waals surface area (Å²) in [5.41, 5.74) is 4.04. The zero-order valence-corrected chi connectivity index (χ0v) is 22.8. The van der Waals surface area contributed by atoms with Crippen molar-refractivity contribution in [1.29, 1.82) is 0 Å². The van der Waals surface area contributed by atoms with Crippen molar-refractivity contribution in [3.05, 3.63) is 144 Å². The van der Waals surface area contributed by atoms with E-state index in [-0.39, 0.29) is 18.6 Å². The van der Waals surface area contributed by atoms with Crippen LogP contribution in [0.4, 0.5) is 4.79 Å². The molecule has 0 aliphatic heterocycles. The Morgan fingerprint density at radius 3 is 2.02 bits per heavy atom. The molecule has 0 unspecified atom stereocenters. The molecule has 1 heterocycles. The van der Waals surface area contributed by atoms with E-state index in [1.54, 1.807) is 0 Å². The lowest BCUT2D eigenvalue weighted by Gasteiger charge is -2.22. The smallest absolute Gasteiger partial charge is 0.408 e. The maximum Gasteiger partial charge on any atom is 0.408 e. The van der Waals surface area contributed by atoms with Crippen molar-refractivity contribution < 1.29 is 18.9 Å². The highest BCUT2D eigenvalue weighted by Gasteiger charge is 2.24. The molecule has 3 aromatic carbocycles. The van der Waals surface area contributed by atoms with Crippen LogP contribution in [-0.2, 0) is 36.0 Å². The van der Waals surface area contributed by atoms with Crippen molar-refractivity contribution in [2.24, 2.45) is 7.05 Å². The van der Waals surface area contributed by atoms with Crippen molar-refractivity contribution in [3.8, 4) is 0 Å². The van der Waals surface area contributed by atoms with Crippen molar-refractivity contribution in [1.82, 2.24) is 10.6 Å². The number of pyridine rings is 1. The molecule has 2 N–H and O–H groups in total. The average molecular weight is 535 g/mol. The molecule has 4 aromatic rings. The van der Waals surface area contributed by atoms with E-state index in [1.807, 2.05) is 127 Å². The molecule has 0 radical (unpaired) electrons. The van der Waals surface area contributed by atoms with E-state index >= 15 is 0 Å². The fourth-order valence-electron chi connectivity index (χ4n) is 4.36. The van der Waals surface area contributed by atoms with Crippen LogP contribution in [0.15, 0.2) is 121 Å². The van der Waals surface area contributed by atoms with Crippen LogP contribution in [0.3, 0.4) is 0 Å². The molecule has 40 heavy (non-hydrogen) atoms. The molecule has 0 aliphatic rings. The van der Waals surface area contributed by atoms with Gasteiger partial charge in [-0.15, -0.1) is 0 Å². The van der Waals surface area contributed by atoms with Gasteiger partial charge < -0.3 is 15.4 Å². The summed E-state index contributed by atoms with van der Waals surface area (Å²) in [6.45, 7) is 0.128. The molecule has 0 fully saturated rings. The minimum atomic E-state index is -0.800. The van der Waals surface area contributed by atoms with Crippen LogP contribution in [0.25, 0.3) is 6.08 Å². The number of hydrogen-bond acceptors (Lipinski definition) is 3. The van der Waals surface area contributed by atoms with Crippen LogP contribution in [0, 0.1) is 0 Å². The molecule has 0 bridgehead atoms. The summed E-state index contributed by atoms with van der Waals surface area (Å²) in [6, 6.07) is 34.3. The van der Waals surface area contributed by atoms with Gasteiger partial charge in [0.15, 0.2) is 6.20 Å². The Morgan fingerprint density at radius 1 is 0.775 bits per heavy atom. The van der Waals surface area contributed by atoms with Crippen molar-refractivity contribution in [2.75, 3.05) is 0 Å². The van der Waals surface area contributed by atoms with Gasteiger partial charge in [-0.2, -0.15) is 0 Å². The molecule has 0 saturated carbocycles. The molecule has 204 valence electrons. The van der Waals surface area contributed by atoms with Gasteiger partial charge in [-0.05, 0) is 35.6 Å². The molecule has 4 rings (SSSR count). The minimum absolute atomic E-state index is 0.128. The molecular weight excluding hydrogens is 498 g/mol. The monoisotopic (exact) mass is 534 g/mol. The summed E-state index contributed by atoms with van der Waals surface area (Å²) >= 11 is 0. The molecule has 1 aromatic heterocycles. The first-order chi connectivity index (χ1) is 19.6. The van der Waals surface area contributed by atoms with Gasteiger partial charge in [0.25, 0.3) is 0 Å². The van der Waals surface area contributed by atoms with Crippen molar-refractivity contribution >= 4 is 18.1 Å². The van der Waals surface area contributed by atoms with Gasteiger partial charge in [-0.3, -0.25) is 4.79 Å². The molecular formula is C34H36N3O3+. The van der Waals surface area contributed by atoms with Crippen LogP contribution in [0.5, 0.6) is 0 Å². The lowest BCUT2D eigenvalue weighted by atomic mass is 10.0. The van der Waals surface area contributed by atoms with E-state index in [0.717, 1.165) is 23.2 Å². The number of carbonyl (C=O) groups is 2. The van der Waals surface area contributed by atoms with E-state index in [9.17, 15) is 9.59 Å². The maximum atomic E-state index is 13.6. The summed E-state index contributed by atoms with van der Waals surface area (Å²) in [6.07, 6.45) is 7.24. The Labute approximate surface area is 236 Å². The average Bonchev–Trinajstić information content (AvgIpc) is 2.99. The van der Waals surface area contributed by atoms with E-state index in [0.29, 0.717) is 12.8 Å². The highest BCUT2D eigenvalue weighted by atomic mass is 16.5. The lowest BCUT2D eigenvalue weighted by molar-refractivity contribution is -0.673. The number of aryl methyl sites for hydroxylation is 2. The first kappa shape index (κ1) is 28.3. The quantitative estimate of drug-likeness (QED) is 0.246. The molecule has 0 spiro atoms. The lowest BCUT2D eigenvalue weighted by Crippen LogP contribution is -2.50. The van der Waals surface area contributed by atoms with Gasteiger partial charge in [0.1, 0.15) is 19.7 Å². The van der Waals surface area contributed by atoms with Crippen LogP contribution in [0.2, 0.25) is 0 Å². The molecule has 2 atom stereocenters. The number of carbonyl (C=O) groups excluding carboxylic acids is 2. The number of nitrogens with zero attached hydrogens (tertiary/aromatic N) is 1. The van der Waals surface area contributed by atoms with Crippen molar-refractivity contribution in [3.63, 3.8) is 0 Å². The second kappa shape index (κ2) is 15.0. The van der Waals surface area contributed by atoms with Gasteiger partial charge in [-0.25, -0.2) is 9.36 Å². The third kappa shape index (κ3) is 9.24. The first-order valence-electron chi connectivity index (χ1n) is 13.5. The second-order valence-electron chi connectivity index (χ2n) is 9.68. The third-order valence-corrected chi connectivity index (χ3v) is 6.61. The molecule has 6 nitrogen and oxygen atoms in total. The predicted molar refractivity (Wildman–Crippen MR) is 157 cm³/mol. The van der Waals surface area contributed by atoms with Gasteiger partial charge in [0.05, 0.1) is 0 Å². The number of hydrogen-bond donors (Lipinski definition) is 2. The Kier molecular flexibility index (Phi) is 10.6. The maximum absolute atomic E-state index is 13.6. The number of amides is 2.